The van der Waals surface area contributed by atoms with Crippen molar-refractivity contribution in [3.05, 3.63) is 112 Å². The molecule has 0 saturated carbocycles. The van der Waals surface area contributed by atoms with Crippen molar-refractivity contribution in [1.29, 1.82) is 0 Å². The predicted octanol–water partition coefficient (Wildman–Crippen LogP) is 6.00. The van der Waals surface area contributed by atoms with Crippen LogP contribution in [-0.2, 0) is 27.6 Å². The number of fused-ring (bicyclic) bond motifs is 1. The molecule has 0 spiro atoms. The molecule has 0 fully saturated rings. The molecule has 0 unspecified atom stereocenters. The standard InChI is InChI=1S/C32H33FN2O7/c1-21(2)34-29-9-4-3-8-28(29)32(24-10-12-25(33)13-11-24)30(34)15-14-26(36)17-27(37)18-31(38)41-19-22-6-5-7-23(16-22)20-42-35(39)40/h3-16,21,26-27,36-37H,17-20H2,1-2H3/b15-14+/t26-,27-/m1/s1. The first-order chi connectivity index (χ1) is 20.1. The molecule has 0 aliphatic rings. The minimum Gasteiger partial charge on any atom is -0.461 e. The maximum absolute atomic E-state index is 13.7. The van der Waals surface area contributed by atoms with Gasteiger partial charge in [0.05, 0.1) is 18.6 Å². The molecule has 42 heavy (non-hydrogen) atoms. The Bertz CT molecular complexity index is 1560. The van der Waals surface area contributed by atoms with Crippen LogP contribution in [0.15, 0.2) is 78.9 Å². The summed E-state index contributed by atoms with van der Waals surface area (Å²) in [7, 11) is 0. The van der Waals surface area contributed by atoms with Gasteiger partial charge in [-0.25, -0.2) is 4.39 Å². The fraction of sp³-hybridized carbons (Fsp3) is 0.281. The van der Waals surface area contributed by atoms with Crippen molar-refractivity contribution in [2.45, 2.75) is 58.2 Å². The lowest BCUT2D eigenvalue weighted by molar-refractivity contribution is -0.763. The molecule has 2 atom stereocenters. The third-order valence-corrected chi connectivity index (χ3v) is 6.72. The molecule has 2 N–H and O–H groups in total. The van der Waals surface area contributed by atoms with Crippen LogP contribution < -0.4 is 0 Å². The van der Waals surface area contributed by atoms with Gasteiger partial charge in [0.2, 0.25) is 0 Å². The van der Waals surface area contributed by atoms with Gasteiger partial charge in [-0.3, -0.25) is 4.79 Å². The molecule has 10 heteroatoms. The van der Waals surface area contributed by atoms with E-state index in [0.29, 0.717) is 11.1 Å². The molecule has 3 aromatic carbocycles. The number of esters is 1. The van der Waals surface area contributed by atoms with Crippen LogP contribution in [0.3, 0.4) is 0 Å². The van der Waals surface area contributed by atoms with E-state index >= 15 is 0 Å². The van der Waals surface area contributed by atoms with Gasteiger partial charge < -0.3 is 24.4 Å². The molecule has 1 heterocycles. The fourth-order valence-corrected chi connectivity index (χ4v) is 4.92. The van der Waals surface area contributed by atoms with Crippen LogP contribution in [0.1, 0.15) is 49.6 Å². The van der Waals surface area contributed by atoms with Crippen molar-refractivity contribution in [3.8, 4) is 11.1 Å². The largest absolute Gasteiger partial charge is 0.461 e. The number of ether oxygens (including phenoxy) is 1. The summed E-state index contributed by atoms with van der Waals surface area (Å²) in [6.45, 7) is 3.82. The average Bonchev–Trinajstić information content (AvgIpc) is 3.29. The van der Waals surface area contributed by atoms with E-state index in [2.05, 4.69) is 23.3 Å². The van der Waals surface area contributed by atoms with Crippen LogP contribution in [-0.4, -0.2) is 38.0 Å². The van der Waals surface area contributed by atoms with E-state index < -0.39 is 23.3 Å². The van der Waals surface area contributed by atoms with Gasteiger partial charge in [-0.05, 0) is 54.8 Å². The number of aliphatic hydroxyl groups is 2. The van der Waals surface area contributed by atoms with Gasteiger partial charge in [0.25, 0.3) is 5.09 Å². The highest BCUT2D eigenvalue weighted by molar-refractivity contribution is 6.01. The van der Waals surface area contributed by atoms with Gasteiger partial charge in [-0.1, -0.05) is 60.7 Å². The van der Waals surface area contributed by atoms with E-state index in [-0.39, 0.29) is 37.9 Å². The van der Waals surface area contributed by atoms with E-state index in [9.17, 15) is 29.5 Å². The summed E-state index contributed by atoms with van der Waals surface area (Å²) in [5.74, 6) is -0.980. The molecule has 0 radical (unpaired) electrons. The second kappa shape index (κ2) is 13.9. The fourth-order valence-electron chi connectivity index (χ4n) is 4.92. The summed E-state index contributed by atoms with van der Waals surface area (Å²) in [6, 6.07) is 20.9. The Hall–Kier alpha value is -4.54. The molecule has 0 aliphatic carbocycles. The maximum Gasteiger partial charge on any atom is 0.308 e. The topological polar surface area (TPSA) is 124 Å². The van der Waals surface area contributed by atoms with Crippen LogP contribution >= 0.6 is 0 Å². The maximum atomic E-state index is 13.7. The van der Waals surface area contributed by atoms with E-state index in [1.165, 1.54) is 12.1 Å². The lowest BCUT2D eigenvalue weighted by atomic mass is 10.0. The number of halogens is 1. The lowest BCUT2D eigenvalue weighted by Crippen LogP contribution is -2.20. The van der Waals surface area contributed by atoms with Crippen LogP contribution in [0.2, 0.25) is 0 Å². The zero-order valence-corrected chi connectivity index (χ0v) is 23.4. The zero-order valence-electron chi connectivity index (χ0n) is 23.4. The number of rotatable bonds is 13. The highest BCUT2D eigenvalue weighted by Gasteiger charge is 2.20. The molecule has 0 amide bonds. The van der Waals surface area contributed by atoms with Gasteiger partial charge in [0.15, 0.2) is 0 Å². The Morgan fingerprint density at radius 2 is 1.71 bits per heavy atom. The molecule has 220 valence electrons. The van der Waals surface area contributed by atoms with Gasteiger partial charge in [-0.15, -0.1) is 10.1 Å². The number of hydrogen-bond donors (Lipinski definition) is 2. The Kier molecular flexibility index (Phi) is 10.1. The van der Waals surface area contributed by atoms with Crippen molar-refractivity contribution in [2.24, 2.45) is 0 Å². The van der Waals surface area contributed by atoms with Gasteiger partial charge >= 0.3 is 5.97 Å². The molecule has 0 aliphatic heterocycles. The lowest BCUT2D eigenvalue weighted by Gasteiger charge is -2.15. The van der Waals surface area contributed by atoms with Gasteiger partial charge in [-0.2, -0.15) is 0 Å². The number of hydrogen-bond acceptors (Lipinski definition) is 7. The Morgan fingerprint density at radius 3 is 2.40 bits per heavy atom. The molecule has 4 aromatic rings. The molecule has 0 bridgehead atoms. The first kappa shape index (κ1) is 30.4. The summed E-state index contributed by atoms with van der Waals surface area (Å²) in [5, 5.41) is 31.6. The van der Waals surface area contributed by atoms with Crippen LogP contribution in [0, 0.1) is 15.9 Å². The van der Waals surface area contributed by atoms with Gasteiger partial charge in [0, 0.05) is 34.6 Å². The smallest absolute Gasteiger partial charge is 0.308 e. The summed E-state index contributed by atoms with van der Waals surface area (Å²) < 4.78 is 21.1. The molecule has 4 rings (SSSR count). The first-order valence-electron chi connectivity index (χ1n) is 13.6. The molecule has 0 saturated heterocycles. The minimum atomic E-state index is -1.15. The number of aromatic nitrogens is 1. The third-order valence-electron chi connectivity index (χ3n) is 6.72. The monoisotopic (exact) mass is 576 g/mol. The normalized spacial score (nSPS) is 13.0. The van der Waals surface area contributed by atoms with Crippen LogP contribution in [0.25, 0.3) is 28.1 Å². The molecule has 1 aromatic heterocycles. The number of benzene rings is 3. The number of para-hydroxylation sites is 1. The van der Waals surface area contributed by atoms with Crippen molar-refractivity contribution in [1.82, 2.24) is 4.57 Å². The molecular formula is C32H33FN2O7. The second-order valence-corrected chi connectivity index (χ2v) is 10.2. The summed E-state index contributed by atoms with van der Waals surface area (Å²) >= 11 is 0. The van der Waals surface area contributed by atoms with Gasteiger partial charge in [0.1, 0.15) is 19.0 Å². The highest BCUT2D eigenvalue weighted by atomic mass is 19.1. The summed E-state index contributed by atoms with van der Waals surface area (Å²) in [6.07, 6.45) is 0.766. The quantitative estimate of drug-likeness (QED) is 0.114. The Balaban J connectivity index is 1.42. The average molecular weight is 577 g/mol. The van der Waals surface area contributed by atoms with E-state index in [1.54, 1.807) is 48.6 Å². The van der Waals surface area contributed by atoms with E-state index in [0.717, 1.165) is 27.7 Å². The van der Waals surface area contributed by atoms with E-state index in [1.807, 2.05) is 24.3 Å². The SMILES string of the molecule is CC(C)n1c(/C=C/[C@@H](O)C[C@@H](O)CC(=O)OCc2cccc(CO[N+](=O)[O-])c2)c(-c2ccc(F)cc2)c2ccccc21. The Morgan fingerprint density at radius 1 is 1.02 bits per heavy atom. The van der Waals surface area contributed by atoms with Crippen molar-refractivity contribution in [2.75, 3.05) is 0 Å². The Labute approximate surface area is 242 Å². The first-order valence-corrected chi connectivity index (χ1v) is 13.6. The number of nitrogens with zero attached hydrogens (tertiary/aromatic N) is 2. The van der Waals surface area contributed by atoms with E-state index in [4.69, 9.17) is 4.74 Å². The number of carbonyl (C=O) groups excluding carboxylic acids is 1. The number of aliphatic hydroxyl groups excluding tert-OH is 2. The predicted molar refractivity (Wildman–Crippen MR) is 156 cm³/mol. The van der Waals surface area contributed by atoms with Crippen LogP contribution in [0.4, 0.5) is 4.39 Å². The van der Waals surface area contributed by atoms with Crippen molar-refractivity contribution in [3.63, 3.8) is 0 Å². The van der Waals surface area contributed by atoms with Crippen LogP contribution in [0.5, 0.6) is 0 Å². The molecular weight excluding hydrogens is 543 g/mol. The highest BCUT2D eigenvalue weighted by Crippen LogP contribution is 2.38. The summed E-state index contributed by atoms with van der Waals surface area (Å²) in [5.41, 5.74) is 4.73. The summed E-state index contributed by atoms with van der Waals surface area (Å²) in [4.78, 5) is 27.0. The number of carbonyl (C=O) groups is 1. The zero-order chi connectivity index (χ0) is 30.2. The molecule has 9 nitrogen and oxygen atoms in total. The minimum absolute atomic E-state index is 0.0772. The van der Waals surface area contributed by atoms with Crippen molar-refractivity contribution < 1.29 is 34.1 Å². The second-order valence-electron chi connectivity index (χ2n) is 10.2. The third kappa shape index (κ3) is 7.80. The van der Waals surface area contributed by atoms with Crippen molar-refractivity contribution >= 4 is 22.9 Å².